The molecule has 0 spiro atoms. The molecule has 7 heteroatoms. The van der Waals surface area contributed by atoms with Gasteiger partial charge in [-0.1, -0.05) is 26.0 Å². The number of carbonyl (C=O) groups excluding carboxylic acids is 1. The van der Waals surface area contributed by atoms with Crippen molar-refractivity contribution in [3.8, 4) is 5.75 Å². The maximum absolute atomic E-state index is 11.7. The van der Waals surface area contributed by atoms with E-state index in [4.69, 9.17) is 9.47 Å². The van der Waals surface area contributed by atoms with Gasteiger partial charge in [-0.25, -0.2) is 0 Å². The van der Waals surface area contributed by atoms with Gasteiger partial charge in [0.15, 0.2) is 0 Å². The number of hydrogen-bond donors (Lipinski definition) is 3. The summed E-state index contributed by atoms with van der Waals surface area (Å²) in [6.07, 6.45) is 0. The molecule has 0 heterocycles. The van der Waals surface area contributed by atoms with E-state index in [9.17, 15) is 14.8 Å². The Morgan fingerprint density at radius 2 is 2.00 bits per heavy atom. The summed E-state index contributed by atoms with van der Waals surface area (Å²) in [5, 5.41) is 21.8. The van der Waals surface area contributed by atoms with E-state index < -0.39 is 13.2 Å². The highest BCUT2D eigenvalue weighted by Crippen LogP contribution is 2.11. The summed E-state index contributed by atoms with van der Waals surface area (Å²) in [5.41, 5.74) is 1.10. The van der Waals surface area contributed by atoms with E-state index in [0.29, 0.717) is 12.3 Å². The van der Waals surface area contributed by atoms with Crippen molar-refractivity contribution >= 4 is 18.6 Å². The van der Waals surface area contributed by atoms with Crippen molar-refractivity contribution in [1.82, 2.24) is 5.32 Å². The van der Waals surface area contributed by atoms with Crippen molar-refractivity contribution in [2.24, 2.45) is 5.92 Å². The first-order valence-electron chi connectivity index (χ1n) is 6.74. The Labute approximate surface area is 125 Å². The molecule has 21 heavy (non-hydrogen) atoms. The molecule has 0 unspecified atom stereocenters. The van der Waals surface area contributed by atoms with Crippen molar-refractivity contribution in [3.05, 3.63) is 23.8 Å². The number of benzene rings is 1. The maximum atomic E-state index is 11.7. The number of ether oxygens (including phenoxy) is 2. The Balaban J connectivity index is 2.83. The molecule has 0 aliphatic rings. The van der Waals surface area contributed by atoms with Gasteiger partial charge in [0.25, 0.3) is 0 Å². The molecule has 0 fully saturated rings. The Kier molecular flexibility index (Phi) is 6.68. The summed E-state index contributed by atoms with van der Waals surface area (Å²) in [7, 11) is 1.21. The zero-order valence-electron chi connectivity index (χ0n) is 12.8. The lowest BCUT2D eigenvalue weighted by atomic mass is 9.78. The fraction of sp³-hybridized carbons (Fsp3) is 0.500. The van der Waals surface area contributed by atoms with Crippen molar-refractivity contribution in [2.45, 2.75) is 26.4 Å². The van der Waals surface area contributed by atoms with Gasteiger partial charge in [0.05, 0.1) is 14.2 Å². The third kappa shape index (κ3) is 4.73. The number of rotatable bonds is 7. The Morgan fingerprint density at radius 1 is 1.33 bits per heavy atom. The molecule has 1 aromatic rings. The minimum Gasteiger partial charge on any atom is -0.497 e. The van der Waals surface area contributed by atoms with Crippen LogP contribution in [-0.2, 0) is 16.1 Å². The molecule has 0 aromatic heterocycles. The maximum Gasteiger partial charge on any atom is 0.492 e. The van der Waals surface area contributed by atoms with E-state index in [-0.39, 0.29) is 17.4 Å². The smallest absolute Gasteiger partial charge is 0.492 e. The van der Waals surface area contributed by atoms with E-state index >= 15 is 0 Å². The minimum absolute atomic E-state index is 0.0820. The van der Waals surface area contributed by atoms with E-state index in [1.807, 2.05) is 13.8 Å². The van der Waals surface area contributed by atoms with Gasteiger partial charge in [0.2, 0.25) is 0 Å². The van der Waals surface area contributed by atoms with Gasteiger partial charge in [0, 0.05) is 12.0 Å². The highest BCUT2D eigenvalue weighted by atomic mass is 16.5. The lowest BCUT2D eigenvalue weighted by molar-refractivity contribution is -0.144. The number of carbonyl (C=O) groups is 1. The van der Waals surface area contributed by atoms with Crippen LogP contribution in [0.5, 0.6) is 5.75 Å². The number of methoxy groups -OCH3 is 2. The normalized spacial score (nSPS) is 12.1. The molecule has 0 radical (unpaired) electrons. The van der Waals surface area contributed by atoms with Crippen LogP contribution in [-0.4, -0.2) is 43.4 Å². The third-order valence-corrected chi connectivity index (χ3v) is 3.22. The first kappa shape index (κ1) is 17.5. The molecule has 0 aliphatic carbocycles. The van der Waals surface area contributed by atoms with Crippen LogP contribution >= 0.6 is 0 Å². The summed E-state index contributed by atoms with van der Waals surface area (Å²) in [6.45, 7) is 4.25. The van der Waals surface area contributed by atoms with Gasteiger partial charge in [-0.15, -0.1) is 0 Å². The fourth-order valence-corrected chi connectivity index (χ4v) is 2.04. The molecule has 0 amide bonds. The first-order chi connectivity index (χ1) is 9.90. The third-order valence-electron chi connectivity index (χ3n) is 3.22. The molecule has 1 aromatic carbocycles. The molecular weight excluding hydrogens is 273 g/mol. The summed E-state index contributed by atoms with van der Waals surface area (Å²) < 4.78 is 9.83. The van der Waals surface area contributed by atoms with E-state index in [1.54, 1.807) is 18.2 Å². The molecule has 0 saturated heterocycles. The Hall–Kier alpha value is -1.57. The van der Waals surface area contributed by atoms with Crippen LogP contribution in [0.4, 0.5) is 0 Å². The number of esters is 1. The number of hydrogen-bond acceptors (Lipinski definition) is 6. The van der Waals surface area contributed by atoms with Gasteiger partial charge >= 0.3 is 13.1 Å². The van der Waals surface area contributed by atoms with Gasteiger partial charge in [-0.05, 0) is 17.5 Å². The first-order valence-corrected chi connectivity index (χ1v) is 6.74. The zero-order chi connectivity index (χ0) is 16.0. The van der Waals surface area contributed by atoms with Gasteiger partial charge < -0.3 is 24.8 Å². The quantitative estimate of drug-likeness (QED) is 0.471. The summed E-state index contributed by atoms with van der Waals surface area (Å²) in [5.74, 6) is 0.168. The lowest BCUT2D eigenvalue weighted by Crippen LogP contribution is -2.41. The SMILES string of the molecule is COC(=O)[C@H](NCc1ccc(OC)c(B(O)O)c1)C(C)C. The minimum atomic E-state index is -1.61. The van der Waals surface area contributed by atoms with Crippen molar-refractivity contribution in [1.29, 1.82) is 0 Å². The van der Waals surface area contributed by atoms with Crippen molar-refractivity contribution in [2.75, 3.05) is 14.2 Å². The second-order valence-corrected chi connectivity index (χ2v) is 5.08. The van der Waals surface area contributed by atoms with Crippen molar-refractivity contribution < 1.29 is 24.3 Å². The van der Waals surface area contributed by atoms with Crippen LogP contribution < -0.4 is 15.5 Å². The molecule has 0 saturated carbocycles. The molecular formula is C14H22BNO5. The van der Waals surface area contributed by atoms with E-state index in [2.05, 4.69) is 5.32 Å². The van der Waals surface area contributed by atoms with Gasteiger partial charge in [-0.3, -0.25) is 4.79 Å². The van der Waals surface area contributed by atoms with Crippen LogP contribution in [0.15, 0.2) is 18.2 Å². The van der Waals surface area contributed by atoms with Crippen LogP contribution in [0.1, 0.15) is 19.4 Å². The lowest BCUT2D eigenvalue weighted by Gasteiger charge is -2.20. The number of nitrogens with one attached hydrogen (secondary N) is 1. The Morgan fingerprint density at radius 3 is 2.48 bits per heavy atom. The molecule has 116 valence electrons. The fourth-order valence-electron chi connectivity index (χ4n) is 2.04. The predicted molar refractivity (Wildman–Crippen MR) is 80.3 cm³/mol. The molecule has 0 bridgehead atoms. The van der Waals surface area contributed by atoms with E-state index in [1.165, 1.54) is 14.2 Å². The predicted octanol–water partition coefficient (Wildman–Crippen LogP) is -0.338. The van der Waals surface area contributed by atoms with Crippen molar-refractivity contribution in [3.63, 3.8) is 0 Å². The zero-order valence-corrected chi connectivity index (χ0v) is 12.8. The van der Waals surface area contributed by atoms with Gasteiger partial charge in [-0.2, -0.15) is 0 Å². The Bertz CT molecular complexity index is 478. The average Bonchev–Trinajstić information content (AvgIpc) is 2.46. The van der Waals surface area contributed by atoms with E-state index in [0.717, 1.165) is 5.56 Å². The van der Waals surface area contributed by atoms with Gasteiger partial charge in [0.1, 0.15) is 11.8 Å². The average molecular weight is 295 g/mol. The second-order valence-electron chi connectivity index (χ2n) is 5.08. The standard InChI is InChI=1S/C14H22BNO5/c1-9(2)13(14(17)21-4)16-8-10-5-6-12(20-3)11(7-10)15(18)19/h5-7,9,13,16,18-19H,8H2,1-4H3/t13-/m1/s1. The highest BCUT2D eigenvalue weighted by Gasteiger charge is 2.23. The monoisotopic (exact) mass is 295 g/mol. The highest BCUT2D eigenvalue weighted by molar-refractivity contribution is 6.59. The van der Waals surface area contributed by atoms with Crippen LogP contribution in [0.25, 0.3) is 0 Å². The molecule has 3 N–H and O–H groups in total. The van der Waals surface area contributed by atoms with Crippen LogP contribution in [0, 0.1) is 5.92 Å². The summed E-state index contributed by atoms with van der Waals surface area (Å²) >= 11 is 0. The largest absolute Gasteiger partial charge is 0.497 e. The molecule has 6 nitrogen and oxygen atoms in total. The molecule has 0 aliphatic heterocycles. The second kappa shape index (κ2) is 8.02. The topological polar surface area (TPSA) is 88.0 Å². The summed E-state index contributed by atoms with van der Waals surface area (Å²) in [4.78, 5) is 11.7. The molecule has 1 atom stereocenters. The van der Waals surface area contributed by atoms with Crippen LogP contribution in [0.3, 0.4) is 0 Å². The van der Waals surface area contributed by atoms with Crippen LogP contribution in [0.2, 0.25) is 0 Å². The summed E-state index contributed by atoms with van der Waals surface area (Å²) in [6, 6.07) is 4.67. The molecule has 1 rings (SSSR count).